The monoisotopic (exact) mass is 263 g/mol. The molecule has 0 aliphatic carbocycles. The summed E-state index contributed by atoms with van der Waals surface area (Å²) < 4.78 is 29.3. The van der Waals surface area contributed by atoms with E-state index in [2.05, 4.69) is 5.32 Å². The number of hydrogen-bond acceptors (Lipinski definition) is 5. The summed E-state index contributed by atoms with van der Waals surface area (Å²) in [5, 5.41) is 3.32. The molecule has 1 N–H and O–H groups in total. The molecule has 2 aliphatic rings. The van der Waals surface area contributed by atoms with Crippen LogP contribution in [0.15, 0.2) is 0 Å². The molecule has 2 atom stereocenters. The molecule has 17 heavy (non-hydrogen) atoms. The first-order valence-corrected chi connectivity index (χ1v) is 7.95. The molecule has 0 aromatic heterocycles. The summed E-state index contributed by atoms with van der Waals surface area (Å²) in [4.78, 5) is 0. The molecule has 2 saturated heterocycles. The summed E-state index contributed by atoms with van der Waals surface area (Å²) in [6.07, 6.45) is 0.939. The van der Waals surface area contributed by atoms with E-state index in [-0.39, 0.29) is 11.1 Å². The number of rotatable bonds is 5. The van der Waals surface area contributed by atoms with Crippen molar-refractivity contribution < 1.29 is 18.3 Å². The number of ether oxygens (including phenoxy) is 1. The highest BCUT2D eigenvalue weighted by molar-refractivity contribution is 7.54. The third-order valence-corrected chi connectivity index (χ3v) is 6.39. The Morgan fingerprint density at radius 1 is 1.41 bits per heavy atom. The van der Waals surface area contributed by atoms with Crippen molar-refractivity contribution in [1.82, 2.24) is 5.32 Å². The van der Waals surface area contributed by atoms with E-state index in [0.29, 0.717) is 26.4 Å². The highest BCUT2D eigenvalue weighted by Crippen LogP contribution is 2.61. The maximum absolute atomic E-state index is 12.8. The zero-order chi connectivity index (χ0) is 12.4. The third kappa shape index (κ3) is 2.45. The molecule has 6 heteroatoms. The van der Waals surface area contributed by atoms with Crippen molar-refractivity contribution in [3.63, 3.8) is 0 Å². The van der Waals surface area contributed by atoms with Crippen LogP contribution in [-0.2, 0) is 18.3 Å². The highest BCUT2D eigenvalue weighted by atomic mass is 31.2. The van der Waals surface area contributed by atoms with Crippen LogP contribution in [0.5, 0.6) is 0 Å². The minimum atomic E-state index is -3.02. The Hall–Kier alpha value is 0.0700. The average Bonchev–Trinajstić information content (AvgIpc) is 2.91. The van der Waals surface area contributed by atoms with Crippen LogP contribution >= 0.6 is 7.60 Å². The van der Waals surface area contributed by atoms with Crippen molar-refractivity contribution in [2.24, 2.45) is 5.41 Å². The van der Waals surface area contributed by atoms with E-state index >= 15 is 0 Å². The van der Waals surface area contributed by atoms with Crippen molar-refractivity contribution in [2.45, 2.75) is 25.9 Å². The molecule has 1 spiro atoms. The predicted molar refractivity (Wildman–Crippen MR) is 65.4 cm³/mol. The largest absolute Gasteiger partial charge is 0.381 e. The normalized spacial score (nSPS) is 33.6. The standard InChI is InChI=1S/C11H22NO4P/c1-3-15-17(13,16-4-2)10-7-12-8-11(10)5-6-14-9-11/h10,12H,3-9H2,1-2H3. The first-order chi connectivity index (χ1) is 8.17. The van der Waals surface area contributed by atoms with Gasteiger partial charge in [0, 0.05) is 25.1 Å². The minimum Gasteiger partial charge on any atom is -0.381 e. The molecular formula is C11H22NO4P. The fourth-order valence-electron chi connectivity index (χ4n) is 2.84. The molecule has 0 saturated carbocycles. The van der Waals surface area contributed by atoms with E-state index in [0.717, 1.165) is 19.6 Å². The summed E-state index contributed by atoms with van der Waals surface area (Å²) in [6.45, 7) is 7.50. The molecule has 0 aromatic carbocycles. The Morgan fingerprint density at radius 2 is 2.12 bits per heavy atom. The lowest BCUT2D eigenvalue weighted by atomic mass is 9.86. The topological polar surface area (TPSA) is 56.8 Å². The molecule has 0 amide bonds. The van der Waals surface area contributed by atoms with Gasteiger partial charge in [-0.25, -0.2) is 0 Å². The van der Waals surface area contributed by atoms with Crippen LogP contribution in [0.2, 0.25) is 0 Å². The Morgan fingerprint density at radius 3 is 2.65 bits per heavy atom. The van der Waals surface area contributed by atoms with E-state index in [9.17, 15) is 4.57 Å². The maximum Gasteiger partial charge on any atom is 0.335 e. The van der Waals surface area contributed by atoms with Gasteiger partial charge < -0.3 is 19.1 Å². The summed E-state index contributed by atoms with van der Waals surface area (Å²) in [5.74, 6) is 0. The van der Waals surface area contributed by atoms with Gasteiger partial charge in [0.1, 0.15) is 0 Å². The van der Waals surface area contributed by atoms with Crippen LogP contribution in [0.1, 0.15) is 20.3 Å². The number of hydrogen-bond donors (Lipinski definition) is 1. The first kappa shape index (κ1) is 13.5. The molecule has 2 aliphatic heterocycles. The summed E-state index contributed by atoms with van der Waals surface area (Å²) in [6, 6.07) is 0. The molecule has 2 unspecified atom stereocenters. The minimum absolute atomic E-state index is 0.0557. The lowest BCUT2D eigenvalue weighted by Gasteiger charge is -2.33. The second kappa shape index (κ2) is 5.37. The summed E-state index contributed by atoms with van der Waals surface area (Å²) in [5.41, 5.74) is -0.128. The van der Waals surface area contributed by atoms with E-state index in [4.69, 9.17) is 13.8 Å². The lowest BCUT2D eigenvalue weighted by molar-refractivity contribution is 0.147. The van der Waals surface area contributed by atoms with Gasteiger partial charge in [0.25, 0.3) is 0 Å². The van der Waals surface area contributed by atoms with E-state index < -0.39 is 7.60 Å². The van der Waals surface area contributed by atoms with Crippen molar-refractivity contribution in [3.8, 4) is 0 Å². The van der Waals surface area contributed by atoms with Crippen LogP contribution in [0.25, 0.3) is 0 Å². The van der Waals surface area contributed by atoms with Crippen LogP contribution in [-0.4, -0.2) is 45.2 Å². The van der Waals surface area contributed by atoms with Gasteiger partial charge in [-0.2, -0.15) is 0 Å². The number of nitrogens with one attached hydrogen (secondary N) is 1. The van der Waals surface area contributed by atoms with Crippen LogP contribution in [0.3, 0.4) is 0 Å². The first-order valence-electron chi connectivity index (χ1n) is 6.34. The Kier molecular flexibility index (Phi) is 4.26. The van der Waals surface area contributed by atoms with E-state index in [1.54, 1.807) is 0 Å². The average molecular weight is 263 g/mol. The van der Waals surface area contributed by atoms with Crippen molar-refractivity contribution in [3.05, 3.63) is 0 Å². The fraction of sp³-hybridized carbons (Fsp3) is 1.00. The molecule has 0 aromatic rings. The Balaban J connectivity index is 2.20. The van der Waals surface area contributed by atoms with Gasteiger partial charge in [-0.1, -0.05) is 0 Å². The second-order valence-corrected chi connectivity index (χ2v) is 6.91. The molecule has 2 fully saturated rings. The van der Waals surface area contributed by atoms with Gasteiger partial charge >= 0.3 is 7.60 Å². The second-order valence-electron chi connectivity index (χ2n) is 4.69. The SMILES string of the molecule is CCOP(=O)(OCC)C1CNCC12CCOC2. The van der Waals surface area contributed by atoms with Gasteiger partial charge in [-0.3, -0.25) is 4.57 Å². The Labute approximate surface area is 103 Å². The van der Waals surface area contributed by atoms with Gasteiger partial charge in [0.15, 0.2) is 0 Å². The van der Waals surface area contributed by atoms with Crippen LogP contribution in [0.4, 0.5) is 0 Å². The van der Waals surface area contributed by atoms with Crippen molar-refractivity contribution in [1.29, 1.82) is 0 Å². The zero-order valence-corrected chi connectivity index (χ0v) is 11.5. The van der Waals surface area contributed by atoms with Gasteiger partial charge in [0.05, 0.1) is 25.5 Å². The summed E-state index contributed by atoms with van der Waals surface area (Å²) >= 11 is 0. The predicted octanol–water partition coefficient (Wildman–Crippen LogP) is 1.63. The van der Waals surface area contributed by atoms with Gasteiger partial charge in [0.2, 0.25) is 0 Å². The van der Waals surface area contributed by atoms with Gasteiger partial charge in [-0.15, -0.1) is 0 Å². The quantitative estimate of drug-likeness (QED) is 0.764. The third-order valence-electron chi connectivity index (χ3n) is 3.66. The van der Waals surface area contributed by atoms with Crippen molar-refractivity contribution >= 4 is 7.60 Å². The molecule has 5 nitrogen and oxygen atoms in total. The van der Waals surface area contributed by atoms with Crippen LogP contribution < -0.4 is 5.32 Å². The van der Waals surface area contributed by atoms with E-state index in [1.165, 1.54) is 0 Å². The lowest BCUT2D eigenvalue weighted by Crippen LogP contribution is -2.35. The van der Waals surface area contributed by atoms with Gasteiger partial charge in [-0.05, 0) is 20.3 Å². The fourth-order valence-corrected chi connectivity index (χ4v) is 5.31. The summed E-state index contributed by atoms with van der Waals surface area (Å²) in [7, 11) is -3.02. The van der Waals surface area contributed by atoms with Crippen molar-refractivity contribution in [2.75, 3.05) is 39.5 Å². The molecule has 0 radical (unpaired) electrons. The zero-order valence-electron chi connectivity index (χ0n) is 10.6. The highest BCUT2D eigenvalue weighted by Gasteiger charge is 2.55. The van der Waals surface area contributed by atoms with E-state index in [1.807, 2.05) is 13.8 Å². The molecule has 0 bridgehead atoms. The van der Waals surface area contributed by atoms with Crippen LogP contribution in [0, 0.1) is 5.41 Å². The molecule has 2 rings (SSSR count). The molecule has 100 valence electrons. The smallest absolute Gasteiger partial charge is 0.335 e. The maximum atomic E-state index is 12.8. The Bertz CT molecular complexity index is 288. The molecular weight excluding hydrogens is 241 g/mol. The molecule has 2 heterocycles.